The zero-order valence-electron chi connectivity index (χ0n) is 11.8. The number of rotatable bonds is 7. The van der Waals surface area contributed by atoms with E-state index in [1.165, 1.54) is 0 Å². The Morgan fingerprint density at radius 1 is 1.42 bits per heavy atom. The van der Waals surface area contributed by atoms with Crippen molar-refractivity contribution in [2.45, 2.75) is 33.7 Å². The van der Waals surface area contributed by atoms with Gasteiger partial charge in [0.05, 0.1) is 18.1 Å². The number of nitrogens with zero attached hydrogens (tertiary/aromatic N) is 1. The van der Waals surface area contributed by atoms with Gasteiger partial charge in [-0.1, -0.05) is 22.9 Å². The molecule has 4 heteroatoms. The van der Waals surface area contributed by atoms with Gasteiger partial charge in [-0.3, -0.25) is 0 Å². The van der Waals surface area contributed by atoms with Gasteiger partial charge in [-0.15, -0.1) is 0 Å². The second-order valence-corrected chi connectivity index (χ2v) is 6.04. The summed E-state index contributed by atoms with van der Waals surface area (Å²) in [4.78, 5) is 0. The van der Waals surface area contributed by atoms with Crippen LogP contribution in [0.1, 0.15) is 32.8 Å². The molecule has 0 spiro atoms. The zero-order valence-corrected chi connectivity index (χ0v) is 13.4. The van der Waals surface area contributed by atoms with Crippen molar-refractivity contribution in [1.82, 2.24) is 5.32 Å². The predicted octanol–water partition coefficient (Wildman–Crippen LogP) is 3.88. The van der Waals surface area contributed by atoms with Crippen LogP contribution in [0.25, 0.3) is 0 Å². The summed E-state index contributed by atoms with van der Waals surface area (Å²) in [6, 6.07) is 8.29. The van der Waals surface area contributed by atoms with Crippen LogP contribution in [0.2, 0.25) is 0 Å². The van der Waals surface area contributed by atoms with Gasteiger partial charge < -0.3 is 10.1 Å². The van der Waals surface area contributed by atoms with Gasteiger partial charge in [0.15, 0.2) is 0 Å². The molecule has 1 N–H and O–H groups in total. The number of halogens is 1. The molecule has 0 aliphatic heterocycles. The molecule has 0 aromatic heterocycles. The number of hydrogen-bond acceptors (Lipinski definition) is 3. The van der Waals surface area contributed by atoms with E-state index in [0.29, 0.717) is 6.61 Å². The zero-order chi connectivity index (χ0) is 14.3. The molecular formula is C15H21BrN2O. The Labute approximate surface area is 124 Å². The molecule has 0 unspecified atom stereocenters. The minimum absolute atomic E-state index is 0.336. The van der Waals surface area contributed by atoms with Crippen molar-refractivity contribution >= 4 is 15.9 Å². The highest BCUT2D eigenvalue weighted by molar-refractivity contribution is 9.10. The normalized spacial score (nSPS) is 11.1. The van der Waals surface area contributed by atoms with Crippen LogP contribution in [0.5, 0.6) is 5.75 Å². The number of nitrogens with one attached hydrogen (secondary N) is 1. The van der Waals surface area contributed by atoms with E-state index >= 15 is 0 Å². The first-order valence-corrected chi connectivity index (χ1v) is 7.31. The lowest BCUT2D eigenvalue weighted by molar-refractivity contribution is 0.262. The van der Waals surface area contributed by atoms with Crippen LogP contribution in [0.3, 0.4) is 0 Å². The molecule has 0 amide bonds. The summed E-state index contributed by atoms with van der Waals surface area (Å²) < 4.78 is 6.86. The first-order chi connectivity index (χ1) is 8.98. The Kier molecular flexibility index (Phi) is 6.33. The third kappa shape index (κ3) is 5.63. The number of hydrogen-bond donors (Lipinski definition) is 1. The second kappa shape index (κ2) is 7.52. The van der Waals surface area contributed by atoms with Crippen LogP contribution in [0, 0.1) is 16.7 Å². The Balaban J connectivity index is 2.64. The Bertz CT molecular complexity index is 452. The van der Waals surface area contributed by atoms with Crippen LogP contribution in [0.4, 0.5) is 0 Å². The molecule has 19 heavy (non-hydrogen) atoms. The molecule has 104 valence electrons. The van der Waals surface area contributed by atoms with E-state index < -0.39 is 0 Å². The van der Waals surface area contributed by atoms with Gasteiger partial charge in [0.2, 0.25) is 0 Å². The van der Waals surface area contributed by atoms with Crippen molar-refractivity contribution in [1.29, 1.82) is 5.26 Å². The third-order valence-corrected chi connectivity index (χ3v) is 3.37. The maximum Gasteiger partial charge on any atom is 0.123 e. The molecule has 0 aliphatic rings. The van der Waals surface area contributed by atoms with Crippen LogP contribution in [-0.2, 0) is 6.54 Å². The van der Waals surface area contributed by atoms with Gasteiger partial charge in [0, 0.05) is 16.6 Å². The highest BCUT2D eigenvalue weighted by atomic mass is 79.9. The quantitative estimate of drug-likeness (QED) is 0.827. The molecule has 0 aliphatic carbocycles. The first kappa shape index (κ1) is 16.0. The van der Waals surface area contributed by atoms with E-state index in [9.17, 15) is 0 Å². The maximum atomic E-state index is 8.98. The number of nitriles is 1. The lowest BCUT2D eigenvalue weighted by Gasteiger charge is -2.17. The number of ether oxygens (including phenoxy) is 1. The van der Waals surface area contributed by atoms with Crippen molar-refractivity contribution in [3.05, 3.63) is 28.2 Å². The Morgan fingerprint density at radius 2 is 2.16 bits per heavy atom. The van der Waals surface area contributed by atoms with Gasteiger partial charge in [0.25, 0.3) is 0 Å². The van der Waals surface area contributed by atoms with Gasteiger partial charge in [0.1, 0.15) is 5.75 Å². The molecule has 1 aromatic rings. The summed E-state index contributed by atoms with van der Waals surface area (Å²) in [6.45, 7) is 8.20. The molecule has 0 heterocycles. The fraction of sp³-hybridized carbons (Fsp3) is 0.533. The van der Waals surface area contributed by atoms with Crippen LogP contribution >= 0.6 is 15.9 Å². The van der Waals surface area contributed by atoms with E-state index in [4.69, 9.17) is 10.00 Å². The van der Waals surface area contributed by atoms with Crippen molar-refractivity contribution in [2.75, 3.05) is 13.2 Å². The van der Waals surface area contributed by atoms with E-state index in [1.807, 2.05) is 26.0 Å². The van der Waals surface area contributed by atoms with Gasteiger partial charge in [-0.25, -0.2) is 0 Å². The lowest BCUT2D eigenvalue weighted by atomic mass is 9.92. The minimum Gasteiger partial charge on any atom is -0.493 e. The highest BCUT2D eigenvalue weighted by Crippen LogP contribution is 2.25. The van der Waals surface area contributed by atoms with Crippen LogP contribution in [0.15, 0.2) is 22.7 Å². The minimum atomic E-state index is -0.336. The fourth-order valence-electron chi connectivity index (χ4n) is 1.56. The molecule has 0 fully saturated rings. The van der Waals surface area contributed by atoms with Crippen LogP contribution in [-0.4, -0.2) is 13.2 Å². The summed E-state index contributed by atoms with van der Waals surface area (Å²) in [5.74, 6) is 0.887. The second-order valence-electron chi connectivity index (χ2n) is 5.13. The largest absolute Gasteiger partial charge is 0.493 e. The molecule has 1 rings (SSSR count). The van der Waals surface area contributed by atoms with Crippen molar-refractivity contribution < 1.29 is 4.74 Å². The van der Waals surface area contributed by atoms with Crippen molar-refractivity contribution in [3.63, 3.8) is 0 Å². The van der Waals surface area contributed by atoms with E-state index in [1.54, 1.807) is 0 Å². The summed E-state index contributed by atoms with van der Waals surface area (Å²) in [5.41, 5.74) is 0.794. The van der Waals surface area contributed by atoms with E-state index in [-0.39, 0.29) is 5.41 Å². The topological polar surface area (TPSA) is 45.0 Å². The van der Waals surface area contributed by atoms with Crippen molar-refractivity contribution in [3.8, 4) is 11.8 Å². The van der Waals surface area contributed by atoms with Crippen LogP contribution < -0.4 is 10.1 Å². The van der Waals surface area contributed by atoms with Gasteiger partial charge in [-0.05, 0) is 45.0 Å². The molecule has 0 atom stereocenters. The summed E-state index contributed by atoms with van der Waals surface area (Å²) in [7, 11) is 0. The average Bonchev–Trinajstić information content (AvgIpc) is 2.38. The average molecular weight is 325 g/mol. The molecule has 1 aromatic carbocycles. The SMILES string of the molecule is CCNCc1cc(Br)ccc1OCCC(C)(C)C#N. The van der Waals surface area contributed by atoms with Gasteiger partial charge in [-0.2, -0.15) is 5.26 Å². The number of benzene rings is 1. The lowest BCUT2D eigenvalue weighted by Crippen LogP contribution is -2.15. The highest BCUT2D eigenvalue weighted by Gasteiger charge is 2.16. The Hall–Kier alpha value is -1.05. The van der Waals surface area contributed by atoms with Gasteiger partial charge >= 0.3 is 0 Å². The van der Waals surface area contributed by atoms with E-state index in [0.717, 1.165) is 35.3 Å². The standard InChI is InChI=1S/C15H21BrN2O/c1-4-18-10-12-9-13(16)5-6-14(12)19-8-7-15(2,3)11-17/h5-6,9,18H,4,7-8,10H2,1-3H3. The molecule has 3 nitrogen and oxygen atoms in total. The monoisotopic (exact) mass is 324 g/mol. The Morgan fingerprint density at radius 3 is 2.79 bits per heavy atom. The predicted molar refractivity (Wildman–Crippen MR) is 81.0 cm³/mol. The third-order valence-electron chi connectivity index (χ3n) is 2.88. The summed E-state index contributed by atoms with van der Waals surface area (Å²) in [5, 5.41) is 12.3. The smallest absolute Gasteiger partial charge is 0.123 e. The summed E-state index contributed by atoms with van der Waals surface area (Å²) in [6.07, 6.45) is 0.722. The van der Waals surface area contributed by atoms with Crippen molar-refractivity contribution in [2.24, 2.45) is 5.41 Å². The van der Waals surface area contributed by atoms with E-state index in [2.05, 4.69) is 40.3 Å². The molecule has 0 saturated carbocycles. The molecule has 0 bridgehead atoms. The molecular weight excluding hydrogens is 304 g/mol. The molecule has 0 saturated heterocycles. The maximum absolute atomic E-state index is 8.98. The fourth-order valence-corrected chi connectivity index (χ4v) is 1.97. The summed E-state index contributed by atoms with van der Waals surface area (Å²) >= 11 is 3.47. The first-order valence-electron chi connectivity index (χ1n) is 6.51. The molecule has 0 radical (unpaired) electrons.